The quantitative estimate of drug-likeness (QED) is 0.145. The maximum absolute atomic E-state index is 2.35. The maximum Gasteiger partial charge on any atom is -0.0114 e. The van der Waals surface area contributed by atoms with E-state index in [0.717, 1.165) is 0 Å². The number of benzene rings is 5. The van der Waals surface area contributed by atoms with Gasteiger partial charge in [0.15, 0.2) is 0 Å². The molecule has 0 aliphatic rings. The molecule has 0 nitrogen and oxygen atoms in total. The molecule has 0 heterocycles. The predicted octanol–water partition coefficient (Wildman–Crippen LogP) is 6.45. The third kappa shape index (κ3) is 8.59. The van der Waals surface area contributed by atoms with E-state index >= 15 is 0 Å². The van der Waals surface area contributed by atoms with Crippen LogP contribution in [-0.4, -0.2) is 5.43 Å². The fourth-order valence-electron chi connectivity index (χ4n) is 5.94. The van der Waals surface area contributed by atoms with Crippen LogP contribution in [0.25, 0.3) is 54.6 Å². The number of hydrogen-bond donors (Lipinski definition) is 0. The van der Waals surface area contributed by atoms with Crippen molar-refractivity contribution in [3.63, 3.8) is 0 Å². The number of halogens is 2. The van der Waals surface area contributed by atoms with Crippen LogP contribution < -0.4 is 24.8 Å². The van der Waals surface area contributed by atoms with E-state index in [2.05, 4.69) is 169 Å². The Morgan fingerprint density at radius 2 is 1.22 bits per heavy atom. The fourth-order valence-corrected chi connectivity index (χ4v) is 5.94. The van der Waals surface area contributed by atoms with Crippen molar-refractivity contribution >= 4 is 37.8 Å². The molecule has 0 saturated heterocycles. The van der Waals surface area contributed by atoms with E-state index in [1.54, 1.807) is 23.3 Å². The van der Waals surface area contributed by atoms with Crippen molar-refractivity contribution in [3.8, 4) is 22.3 Å². The Morgan fingerprint density at radius 1 is 0.609 bits per heavy atom. The molecule has 46 heavy (non-hydrogen) atoms. The van der Waals surface area contributed by atoms with Crippen molar-refractivity contribution in [2.75, 3.05) is 0 Å². The molecule has 0 amide bonds. The van der Waals surface area contributed by atoms with Gasteiger partial charge in [0.1, 0.15) is 0 Å². The zero-order chi connectivity index (χ0) is 31.4. The Labute approximate surface area is 303 Å². The Kier molecular flexibility index (Phi) is 13.9. The van der Waals surface area contributed by atoms with Crippen LogP contribution in [0.3, 0.4) is 0 Å². The monoisotopic (exact) mass is 734 g/mol. The summed E-state index contributed by atoms with van der Waals surface area (Å²) in [5.74, 6) is 0.584. The maximum atomic E-state index is 2.35. The van der Waals surface area contributed by atoms with E-state index in [-0.39, 0.29) is 30.2 Å². The molecule has 0 fully saturated rings. The number of rotatable bonds is 3. The van der Waals surface area contributed by atoms with E-state index in [1.807, 2.05) is 0 Å². The topological polar surface area (TPSA) is 0 Å². The summed E-state index contributed by atoms with van der Waals surface area (Å²) < 4.78 is 0. The summed E-state index contributed by atoms with van der Waals surface area (Å²) in [7, 11) is 0. The third-order valence-electron chi connectivity index (χ3n) is 8.29. The van der Waals surface area contributed by atoms with Gasteiger partial charge in [0.05, 0.1) is 0 Å². The van der Waals surface area contributed by atoms with Crippen molar-refractivity contribution < 1.29 is 48.1 Å². The molecule has 0 N–H and O–H groups in total. The van der Waals surface area contributed by atoms with Crippen LogP contribution in [0.15, 0.2) is 121 Å². The summed E-state index contributed by atoms with van der Waals surface area (Å²) in [5.41, 5.74) is 11.0. The standard InChI is InChI=1S/C22H19.C18H17.C2H6Si.2ClH.Zr/c1-14-11-20-16(3)15(2)13-22(21(20)12-14)19-10-6-8-17-7-4-5-9-18(17)19;1-13(2)16-11-15-9-6-10-17(18(15)12-16)14-7-4-3-5-8-14;1-3-2;;;/h4-13H,1-3H3;3-13H,1-2H3;1-2H3;2*1H;/q2*-1;;;;+2/p-2. The van der Waals surface area contributed by atoms with Gasteiger partial charge in [-0.25, -0.2) is 0 Å². The van der Waals surface area contributed by atoms with Crippen molar-refractivity contribution in [1.82, 2.24) is 0 Å². The average Bonchev–Trinajstić information content (AvgIpc) is 3.63. The number of hydrogen-bond acceptors (Lipinski definition) is 0. The molecule has 0 aromatic heterocycles. The molecule has 0 bridgehead atoms. The van der Waals surface area contributed by atoms with Gasteiger partial charge in [-0.3, -0.25) is 0 Å². The Hall–Kier alpha value is -2.74. The van der Waals surface area contributed by atoms with Gasteiger partial charge in [0, 0.05) is 0 Å². The van der Waals surface area contributed by atoms with Gasteiger partial charge >= 0.3 is 41.9 Å². The molecule has 0 unspecified atom stereocenters. The first-order valence-corrected chi connectivity index (χ1v) is 21.7. The second-order valence-corrected chi connectivity index (χ2v) is 21.7. The van der Waals surface area contributed by atoms with Crippen molar-refractivity contribution in [1.29, 1.82) is 0 Å². The first-order chi connectivity index (χ1) is 21.1. The summed E-state index contributed by atoms with van der Waals surface area (Å²) in [4.78, 5) is 0. The SMILES string of the molecule is CC(C)c1cc2c(-c3ccccc3)cccc2[cH-]1.C[Si](C)=[Zr+2].Cc1cc2c(-c3cccc4ccccc34)cc(C)c(C)c2[cH-]1.[Cl-].[Cl-]. The third-order valence-corrected chi connectivity index (χ3v) is 8.29. The molecule has 4 heteroatoms. The Balaban J connectivity index is 0.000000219. The zero-order valence-corrected chi connectivity index (χ0v) is 32.9. The molecule has 7 rings (SSSR count). The normalized spacial score (nSPS) is 10.5. The Bertz CT molecular complexity index is 2060. The minimum Gasteiger partial charge on any atom is -1.00 e. The molecular weight excluding hydrogens is 695 g/mol. The fraction of sp³-hybridized carbons (Fsp3) is 0.190. The molecular formula is C42H42Cl2SiZr-2. The van der Waals surface area contributed by atoms with E-state index < -0.39 is 0 Å². The van der Waals surface area contributed by atoms with E-state index in [1.165, 1.54) is 76.8 Å². The molecule has 0 atom stereocenters. The van der Waals surface area contributed by atoms with E-state index in [4.69, 9.17) is 0 Å². The van der Waals surface area contributed by atoms with Gasteiger partial charge in [-0.15, -0.1) is 62.5 Å². The molecule has 0 aliphatic carbocycles. The second kappa shape index (κ2) is 16.9. The zero-order valence-electron chi connectivity index (χ0n) is 27.9. The summed E-state index contributed by atoms with van der Waals surface area (Å²) in [6.45, 7) is 15.7. The largest absolute Gasteiger partial charge is 1.00 e. The minimum atomic E-state index is 0. The van der Waals surface area contributed by atoms with Gasteiger partial charge in [-0.1, -0.05) is 129 Å². The predicted molar refractivity (Wildman–Crippen MR) is 193 cm³/mol. The number of fused-ring (bicyclic) bond motifs is 3. The van der Waals surface area contributed by atoms with Gasteiger partial charge < -0.3 is 24.8 Å². The van der Waals surface area contributed by atoms with Crippen molar-refractivity contribution in [2.45, 2.75) is 53.6 Å². The van der Waals surface area contributed by atoms with Crippen LogP contribution >= 0.6 is 0 Å². The summed E-state index contributed by atoms with van der Waals surface area (Å²) in [6.07, 6.45) is 0. The molecule has 0 spiro atoms. The smallest absolute Gasteiger partial charge is 0.0114 e. The summed E-state index contributed by atoms with van der Waals surface area (Å²) in [6, 6.07) is 44.0. The molecule has 0 radical (unpaired) electrons. The van der Waals surface area contributed by atoms with Gasteiger partial charge in [0.25, 0.3) is 0 Å². The minimum absolute atomic E-state index is 0. The van der Waals surface area contributed by atoms with Crippen LogP contribution in [0.1, 0.15) is 42.0 Å². The summed E-state index contributed by atoms with van der Waals surface area (Å²) in [5, 5.41) is 8.10. The van der Waals surface area contributed by atoms with Gasteiger partial charge in [-0.2, -0.15) is 12.1 Å². The van der Waals surface area contributed by atoms with E-state index in [9.17, 15) is 0 Å². The van der Waals surface area contributed by atoms with Crippen LogP contribution in [0, 0.1) is 20.8 Å². The molecule has 234 valence electrons. The molecule has 0 aliphatic heterocycles. The van der Waals surface area contributed by atoms with Crippen molar-refractivity contribution in [2.24, 2.45) is 0 Å². The van der Waals surface area contributed by atoms with Crippen LogP contribution in [0.4, 0.5) is 0 Å². The van der Waals surface area contributed by atoms with Crippen molar-refractivity contribution in [3.05, 3.63) is 144 Å². The van der Waals surface area contributed by atoms with Gasteiger partial charge in [-0.05, 0) is 34.7 Å². The van der Waals surface area contributed by atoms with Crippen LogP contribution in [0.2, 0.25) is 13.1 Å². The first kappa shape index (κ1) is 37.7. The average molecular weight is 737 g/mol. The molecule has 7 aromatic rings. The van der Waals surface area contributed by atoms with Crippen LogP contribution in [0.5, 0.6) is 0 Å². The molecule has 0 saturated carbocycles. The number of aryl methyl sites for hydroxylation is 3. The first-order valence-electron chi connectivity index (χ1n) is 15.6. The molecule has 7 aromatic carbocycles. The van der Waals surface area contributed by atoms with E-state index in [0.29, 0.717) is 5.92 Å². The summed E-state index contributed by atoms with van der Waals surface area (Å²) >= 11 is 1.74. The van der Waals surface area contributed by atoms with Crippen LogP contribution in [-0.2, 0) is 23.3 Å². The second-order valence-electron chi connectivity index (χ2n) is 12.4. The Morgan fingerprint density at radius 3 is 1.91 bits per heavy atom. The van der Waals surface area contributed by atoms with Gasteiger partial charge in [0.2, 0.25) is 0 Å².